The highest BCUT2D eigenvalue weighted by Crippen LogP contribution is 2.40. The van der Waals surface area contributed by atoms with E-state index in [-0.39, 0.29) is 11.6 Å². The van der Waals surface area contributed by atoms with Crippen LogP contribution in [0.2, 0.25) is 6.32 Å². The van der Waals surface area contributed by atoms with Gasteiger partial charge in [-0.3, -0.25) is 0 Å². The molecule has 1 aromatic carbocycles. The minimum Gasteiger partial charge on any atom is -0.425 e. The molecule has 0 atom stereocenters. The smallest absolute Gasteiger partial charge is 0.416 e. The first-order valence-electron chi connectivity index (χ1n) is 6.26. The highest BCUT2D eigenvalue weighted by molar-refractivity contribution is 9.08. The van der Waals surface area contributed by atoms with Gasteiger partial charge in [-0.1, -0.05) is 29.8 Å². The van der Waals surface area contributed by atoms with Crippen molar-refractivity contribution in [3.05, 3.63) is 29.3 Å². The molecule has 0 radical (unpaired) electrons. The van der Waals surface area contributed by atoms with Gasteiger partial charge in [0.15, 0.2) is 0 Å². The first-order valence-corrected chi connectivity index (χ1v) is 8.26. The molecule has 1 nitrogen and oxygen atoms in total. The van der Waals surface area contributed by atoms with Crippen LogP contribution in [0.5, 0.6) is 0 Å². The van der Waals surface area contributed by atoms with E-state index in [0.29, 0.717) is 17.5 Å². The summed E-state index contributed by atoms with van der Waals surface area (Å²) < 4.78 is 43.8. The summed E-state index contributed by atoms with van der Waals surface area (Å²) in [5.41, 5.74) is 0.181. The number of halogens is 4. The van der Waals surface area contributed by atoms with E-state index in [1.54, 1.807) is 6.07 Å². The third-order valence-electron chi connectivity index (χ3n) is 3.17. The molecule has 1 aliphatic heterocycles. The lowest BCUT2D eigenvalue weighted by Gasteiger charge is -2.14. The lowest BCUT2D eigenvalue weighted by atomic mass is 9.79. The molecule has 1 fully saturated rings. The Hall–Kier alpha value is -0.135. The summed E-state index contributed by atoms with van der Waals surface area (Å²) in [6, 6.07) is 3.88. The summed E-state index contributed by atoms with van der Waals surface area (Å²) in [4.78, 5) is 0.845. The van der Waals surface area contributed by atoms with E-state index in [2.05, 4.69) is 29.8 Å². The maximum Gasteiger partial charge on any atom is 0.416 e. The molecule has 1 aromatic rings. The normalized spacial score (nSPS) is 18.6. The topological polar surface area (TPSA) is 9.23 Å². The van der Waals surface area contributed by atoms with Crippen LogP contribution in [0.15, 0.2) is 23.1 Å². The molecule has 1 heterocycles. The molecular weight excluding hydrogens is 352 g/mol. The van der Waals surface area contributed by atoms with E-state index in [1.807, 2.05) is 0 Å². The minimum absolute atomic E-state index is 0.0135. The zero-order valence-corrected chi connectivity index (χ0v) is 13.7. The fourth-order valence-corrected chi connectivity index (χ4v) is 4.11. The van der Waals surface area contributed by atoms with Crippen molar-refractivity contribution in [1.82, 2.24) is 0 Å². The Labute approximate surface area is 129 Å². The second kappa shape index (κ2) is 5.93. The molecular formula is C13H15BBrF3OS. The van der Waals surface area contributed by atoms with Gasteiger partial charge in [-0.2, -0.15) is 13.2 Å². The van der Waals surface area contributed by atoms with Gasteiger partial charge in [-0.05, 0) is 35.5 Å². The van der Waals surface area contributed by atoms with Crippen molar-refractivity contribution >= 4 is 33.7 Å². The molecule has 20 heavy (non-hydrogen) atoms. The molecule has 7 heteroatoms. The summed E-state index contributed by atoms with van der Waals surface area (Å²) in [5, 5.41) is 0.398. The quantitative estimate of drug-likeness (QED) is 0.534. The lowest BCUT2D eigenvalue weighted by molar-refractivity contribution is -0.137. The minimum atomic E-state index is -4.30. The van der Waals surface area contributed by atoms with E-state index in [1.165, 1.54) is 17.7 Å². The summed E-state index contributed by atoms with van der Waals surface area (Å²) in [7, 11) is 0. The van der Waals surface area contributed by atoms with Gasteiger partial charge < -0.3 is 4.65 Å². The monoisotopic (exact) mass is 366 g/mol. The van der Waals surface area contributed by atoms with Crippen molar-refractivity contribution in [2.24, 2.45) is 5.41 Å². The van der Waals surface area contributed by atoms with Gasteiger partial charge in [0.25, 0.3) is 0 Å². The number of benzene rings is 1. The molecule has 0 saturated carbocycles. The molecule has 2 rings (SSSR count). The average Bonchev–Trinajstić information content (AvgIpc) is 2.68. The van der Waals surface area contributed by atoms with E-state index in [9.17, 15) is 13.2 Å². The van der Waals surface area contributed by atoms with Crippen LogP contribution in [0.4, 0.5) is 13.2 Å². The molecule has 0 amide bonds. The molecule has 0 N–H and O–H groups in total. The number of hydrogen-bond donors (Lipinski definition) is 0. The summed E-state index contributed by atoms with van der Waals surface area (Å²) in [6.45, 7) is 4.95. The Kier molecular flexibility index (Phi) is 4.81. The van der Waals surface area contributed by atoms with Gasteiger partial charge in [-0.25, -0.2) is 0 Å². The van der Waals surface area contributed by atoms with Crippen LogP contribution in [0, 0.1) is 5.41 Å². The van der Waals surface area contributed by atoms with Crippen LogP contribution in [0.25, 0.3) is 0 Å². The summed E-state index contributed by atoms with van der Waals surface area (Å²) >= 11 is 4.76. The molecule has 1 aliphatic rings. The van der Waals surface area contributed by atoms with Gasteiger partial charge in [0.05, 0.1) is 5.56 Å². The Balaban J connectivity index is 2.16. The van der Waals surface area contributed by atoms with Gasteiger partial charge in [0.2, 0.25) is 0 Å². The number of alkyl halides is 4. The zero-order valence-electron chi connectivity index (χ0n) is 11.3. The van der Waals surface area contributed by atoms with Crippen LogP contribution in [-0.4, -0.2) is 12.8 Å². The molecule has 0 bridgehead atoms. The Morgan fingerprint density at radius 3 is 2.60 bits per heavy atom. The van der Waals surface area contributed by atoms with Gasteiger partial charge in [0, 0.05) is 16.8 Å². The Bertz CT molecular complexity index is 493. The highest BCUT2D eigenvalue weighted by atomic mass is 79.9. The second-order valence-corrected chi connectivity index (χ2v) is 7.44. The fourth-order valence-electron chi connectivity index (χ4n) is 2.08. The van der Waals surface area contributed by atoms with Crippen LogP contribution in [-0.2, 0) is 16.2 Å². The number of hydrogen-bond acceptors (Lipinski definition) is 2. The molecule has 0 aromatic heterocycles. The van der Waals surface area contributed by atoms with Crippen LogP contribution in [0.1, 0.15) is 25.0 Å². The standard InChI is InChI=1S/C13H15BBrF3OS/c1-12(2)7-14(19-8-12)20-11-4-3-10(13(16,17)18)5-9(11)6-15/h3-5H,6-8H2,1-2H3. The van der Waals surface area contributed by atoms with Crippen molar-refractivity contribution in [1.29, 1.82) is 0 Å². The van der Waals surface area contributed by atoms with Crippen molar-refractivity contribution in [2.75, 3.05) is 6.61 Å². The summed E-state index contributed by atoms with van der Waals surface area (Å²) in [6.07, 6.45) is -3.38. The summed E-state index contributed by atoms with van der Waals surface area (Å²) in [5.74, 6) is 0. The van der Waals surface area contributed by atoms with E-state index in [0.717, 1.165) is 17.3 Å². The molecule has 1 saturated heterocycles. The Morgan fingerprint density at radius 1 is 1.40 bits per heavy atom. The van der Waals surface area contributed by atoms with Gasteiger partial charge in [-0.15, -0.1) is 11.6 Å². The van der Waals surface area contributed by atoms with Crippen LogP contribution >= 0.6 is 27.5 Å². The van der Waals surface area contributed by atoms with E-state index < -0.39 is 11.7 Å². The predicted molar refractivity (Wildman–Crippen MR) is 80.2 cm³/mol. The maximum atomic E-state index is 12.7. The molecule has 110 valence electrons. The maximum absolute atomic E-state index is 12.7. The molecule has 0 spiro atoms. The zero-order chi connectivity index (χ0) is 15.0. The largest absolute Gasteiger partial charge is 0.425 e. The molecule has 0 unspecified atom stereocenters. The first kappa shape index (κ1) is 16.2. The predicted octanol–water partition coefficient (Wildman–Crippen LogP) is 5.24. The van der Waals surface area contributed by atoms with Gasteiger partial charge >= 0.3 is 12.4 Å². The SMILES string of the molecule is CC1(C)COB(Sc2ccc(C(F)(F)F)cc2CBr)C1. The average molecular weight is 367 g/mol. The van der Waals surface area contributed by atoms with Crippen molar-refractivity contribution in [3.63, 3.8) is 0 Å². The first-order chi connectivity index (χ1) is 9.21. The highest BCUT2D eigenvalue weighted by Gasteiger charge is 2.37. The van der Waals surface area contributed by atoms with Crippen LogP contribution < -0.4 is 0 Å². The van der Waals surface area contributed by atoms with Crippen LogP contribution in [0.3, 0.4) is 0 Å². The lowest BCUT2D eigenvalue weighted by Crippen LogP contribution is -2.10. The third-order valence-corrected chi connectivity index (χ3v) is 4.99. The van der Waals surface area contributed by atoms with Gasteiger partial charge in [0.1, 0.15) is 0 Å². The Morgan fingerprint density at radius 2 is 2.10 bits per heavy atom. The van der Waals surface area contributed by atoms with E-state index >= 15 is 0 Å². The third kappa shape index (κ3) is 3.95. The van der Waals surface area contributed by atoms with E-state index in [4.69, 9.17) is 4.65 Å². The second-order valence-electron chi connectivity index (χ2n) is 5.68. The van der Waals surface area contributed by atoms with Crippen molar-refractivity contribution in [2.45, 2.75) is 36.6 Å². The van der Waals surface area contributed by atoms with Crippen molar-refractivity contribution in [3.8, 4) is 0 Å². The van der Waals surface area contributed by atoms with Crippen molar-refractivity contribution < 1.29 is 17.8 Å². The fraction of sp³-hybridized carbons (Fsp3) is 0.538. The number of rotatable bonds is 3. The molecule has 0 aliphatic carbocycles.